The van der Waals surface area contributed by atoms with E-state index in [2.05, 4.69) is 19.9 Å². The first-order chi connectivity index (χ1) is 14.7. The van der Waals surface area contributed by atoms with Crippen LogP contribution in [0.15, 0.2) is 59.4 Å². The van der Waals surface area contributed by atoms with Gasteiger partial charge in [-0.25, -0.2) is 9.59 Å². The molecular weight excluding hydrogens is 406 g/mol. The van der Waals surface area contributed by atoms with Crippen LogP contribution in [0.4, 0.5) is 11.4 Å². The highest BCUT2D eigenvalue weighted by Crippen LogP contribution is 2.27. The Kier molecular flexibility index (Phi) is 7.84. The van der Waals surface area contributed by atoms with E-state index >= 15 is 0 Å². The first-order valence-corrected chi connectivity index (χ1v) is 8.96. The number of methoxy groups -OCH3 is 2. The summed E-state index contributed by atoms with van der Waals surface area (Å²) in [6, 6.07) is 11.3. The van der Waals surface area contributed by atoms with Crippen LogP contribution in [-0.4, -0.2) is 36.8 Å². The number of hydrogen-bond donors (Lipinski definition) is 1. The topological polar surface area (TPSA) is 129 Å². The molecule has 2 rings (SSSR count). The number of benzene rings is 2. The first kappa shape index (κ1) is 23.1. The van der Waals surface area contributed by atoms with Crippen molar-refractivity contribution >= 4 is 29.0 Å². The molecule has 0 radical (unpaired) electrons. The van der Waals surface area contributed by atoms with Crippen molar-refractivity contribution in [3.8, 4) is 5.75 Å². The number of ether oxygens (including phenoxy) is 2. The zero-order valence-corrected chi connectivity index (χ0v) is 17.4. The fraction of sp³-hybridized carbons (Fsp3) is 0.190. The maximum absolute atomic E-state index is 11.9. The van der Waals surface area contributed by atoms with E-state index in [1.54, 1.807) is 6.92 Å². The third-order valence-electron chi connectivity index (χ3n) is 4.01. The smallest absolute Gasteiger partial charge is 0.354 e. The van der Waals surface area contributed by atoms with Crippen molar-refractivity contribution in [2.24, 2.45) is 5.16 Å². The summed E-state index contributed by atoms with van der Waals surface area (Å²) < 4.78 is 9.11. The van der Waals surface area contributed by atoms with Gasteiger partial charge in [0.1, 0.15) is 5.70 Å². The van der Waals surface area contributed by atoms with Gasteiger partial charge >= 0.3 is 11.9 Å². The molecule has 0 saturated carbocycles. The van der Waals surface area contributed by atoms with Crippen LogP contribution in [-0.2, 0) is 19.1 Å². The molecule has 162 valence electrons. The number of nitrogens with zero attached hydrogens (tertiary/aromatic N) is 2. The van der Waals surface area contributed by atoms with Gasteiger partial charge in [-0.15, -0.1) is 0 Å². The summed E-state index contributed by atoms with van der Waals surface area (Å²) in [7, 11) is 2.26. The summed E-state index contributed by atoms with van der Waals surface area (Å²) in [6.45, 7) is 3.69. The highest BCUT2D eigenvalue weighted by molar-refractivity contribution is 5.99. The Labute approximate surface area is 178 Å². The van der Waals surface area contributed by atoms with Crippen LogP contribution >= 0.6 is 0 Å². The van der Waals surface area contributed by atoms with E-state index in [1.807, 2.05) is 31.2 Å². The number of nitrogens with one attached hydrogen (secondary N) is 1. The molecule has 0 bridgehead atoms. The molecule has 0 unspecified atom stereocenters. The predicted molar refractivity (Wildman–Crippen MR) is 113 cm³/mol. The van der Waals surface area contributed by atoms with Gasteiger partial charge in [-0.05, 0) is 19.4 Å². The van der Waals surface area contributed by atoms with Crippen molar-refractivity contribution in [2.75, 3.05) is 19.5 Å². The molecule has 0 aliphatic carbocycles. The minimum absolute atomic E-state index is 0.0467. The quantitative estimate of drug-likeness (QED) is 0.223. The van der Waals surface area contributed by atoms with Crippen LogP contribution < -0.4 is 10.2 Å². The second-order valence-electron chi connectivity index (χ2n) is 6.30. The van der Waals surface area contributed by atoms with Crippen LogP contribution in [0, 0.1) is 17.0 Å². The minimum atomic E-state index is -0.868. The Morgan fingerprint density at radius 2 is 1.77 bits per heavy atom. The van der Waals surface area contributed by atoms with E-state index in [-0.39, 0.29) is 22.8 Å². The monoisotopic (exact) mass is 427 g/mol. The molecule has 0 heterocycles. The number of anilines is 1. The molecule has 0 spiro atoms. The number of carbonyl (C=O) groups is 2. The van der Waals surface area contributed by atoms with Crippen LogP contribution in [0.1, 0.15) is 18.1 Å². The van der Waals surface area contributed by atoms with E-state index in [0.29, 0.717) is 5.71 Å². The standard InChI is InChI=1S/C21H21N3O7/c1-13-5-7-15(8-6-13)14(2)23-31-18-10-16(9-17(11-18)24(27)28)22-19(21(26)30-4)12-20(25)29-3/h5-12,22H,1-4H3/b19-12+,23-14?. The summed E-state index contributed by atoms with van der Waals surface area (Å²) in [6.07, 6.45) is 0.866. The molecule has 0 amide bonds. The maximum atomic E-state index is 11.9. The third kappa shape index (κ3) is 6.67. The lowest BCUT2D eigenvalue weighted by molar-refractivity contribution is -0.384. The number of hydrogen-bond acceptors (Lipinski definition) is 9. The van der Waals surface area contributed by atoms with Gasteiger partial charge in [-0.3, -0.25) is 10.1 Å². The average Bonchev–Trinajstić information content (AvgIpc) is 2.76. The van der Waals surface area contributed by atoms with Gasteiger partial charge in [0.2, 0.25) is 0 Å². The van der Waals surface area contributed by atoms with Crippen LogP contribution in [0.25, 0.3) is 0 Å². The lowest BCUT2D eigenvalue weighted by Gasteiger charge is -2.10. The van der Waals surface area contributed by atoms with Crippen molar-refractivity contribution in [2.45, 2.75) is 13.8 Å². The highest BCUT2D eigenvalue weighted by atomic mass is 16.6. The van der Waals surface area contributed by atoms with Gasteiger partial charge in [0, 0.05) is 17.8 Å². The van der Waals surface area contributed by atoms with Crippen molar-refractivity contribution in [1.29, 1.82) is 0 Å². The Hall–Kier alpha value is -4.21. The molecule has 1 N–H and O–H groups in total. The van der Waals surface area contributed by atoms with E-state index in [0.717, 1.165) is 37.5 Å². The molecule has 0 aliphatic rings. The zero-order valence-electron chi connectivity index (χ0n) is 17.4. The number of oxime groups is 1. The number of rotatable bonds is 8. The second kappa shape index (κ2) is 10.5. The Balaban J connectivity index is 2.35. The Morgan fingerprint density at radius 1 is 1.10 bits per heavy atom. The van der Waals surface area contributed by atoms with Gasteiger partial charge in [-0.1, -0.05) is 35.0 Å². The van der Waals surface area contributed by atoms with Crippen molar-refractivity contribution in [1.82, 2.24) is 0 Å². The van der Waals surface area contributed by atoms with Crippen molar-refractivity contribution in [3.05, 3.63) is 75.5 Å². The number of carbonyl (C=O) groups excluding carboxylic acids is 2. The number of aryl methyl sites for hydroxylation is 1. The average molecular weight is 427 g/mol. The molecule has 10 heteroatoms. The predicted octanol–water partition coefficient (Wildman–Crippen LogP) is 3.35. The molecule has 0 aromatic heterocycles. The number of nitro groups is 1. The molecule has 0 atom stereocenters. The normalized spacial score (nSPS) is 11.5. The van der Waals surface area contributed by atoms with Gasteiger partial charge in [-0.2, -0.15) is 0 Å². The summed E-state index contributed by atoms with van der Waals surface area (Å²) >= 11 is 0. The zero-order chi connectivity index (χ0) is 23.0. The van der Waals surface area contributed by atoms with Crippen molar-refractivity contribution in [3.63, 3.8) is 0 Å². The van der Waals surface area contributed by atoms with E-state index < -0.39 is 16.9 Å². The van der Waals surface area contributed by atoms with Gasteiger partial charge in [0.05, 0.1) is 37.0 Å². The first-order valence-electron chi connectivity index (χ1n) is 8.96. The van der Waals surface area contributed by atoms with Crippen molar-refractivity contribution < 1.29 is 28.8 Å². The van der Waals surface area contributed by atoms with Gasteiger partial charge < -0.3 is 19.6 Å². The Bertz CT molecular complexity index is 1040. The second-order valence-corrected chi connectivity index (χ2v) is 6.30. The third-order valence-corrected chi connectivity index (χ3v) is 4.01. The van der Waals surface area contributed by atoms with E-state index in [9.17, 15) is 19.7 Å². The molecule has 2 aromatic rings. The maximum Gasteiger partial charge on any atom is 0.354 e. The number of non-ortho nitro benzene ring substituents is 1. The molecule has 31 heavy (non-hydrogen) atoms. The van der Waals surface area contributed by atoms with Gasteiger partial charge in [0.15, 0.2) is 5.75 Å². The largest absolute Gasteiger partial charge is 0.466 e. The fourth-order valence-electron chi connectivity index (χ4n) is 2.37. The molecule has 2 aromatic carbocycles. The number of esters is 2. The summed E-state index contributed by atoms with van der Waals surface area (Å²) in [5, 5.41) is 17.9. The van der Waals surface area contributed by atoms with Gasteiger partial charge in [0.25, 0.3) is 5.69 Å². The summed E-state index contributed by atoms with van der Waals surface area (Å²) in [5.74, 6) is -1.63. The molecule has 0 fully saturated rings. The minimum Gasteiger partial charge on any atom is -0.466 e. The summed E-state index contributed by atoms with van der Waals surface area (Å²) in [4.78, 5) is 39.5. The van der Waals surface area contributed by atoms with Crippen LogP contribution in [0.5, 0.6) is 5.75 Å². The van der Waals surface area contributed by atoms with Crippen LogP contribution in [0.2, 0.25) is 0 Å². The molecular formula is C21H21N3O7. The fourth-order valence-corrected chi connectivity index (χ4v) is 2.37. The lowest BCUT2D eigenvalue weighted by Crippen LogP contribution is -2.15. The summed E-state index contributed by atoms with van der Waals surface area (Å²) in [5.41, 5.74) is 1.98. The molecule has 0 aliphatic heterocycles. The molecule has 0 saturated heterocycles. The van der Waals surface area contributed by atoms with Crippen LogP contribution in [0.3, 0.4) is 0 Å². The van der Waals surface area contributed by atoms with E-state index in [4.69, 9.17) is 4.84 Å². The molecule has 10 nitrogen and oxygen atoms in total. The lowest BCUT2D eigenvalue weighted by atomic mass is 10.1. The SMILES string of the molecule is COC(=O)/C=C(/Nc1cc(ON=C(C)c2ccc(C)cc2)cc([N+](=O)[O-])c1)C(=O)OC. The Morgan fingerprint density at radius 3 is 2.35 bits per heavy atom. The highest BCUT2D eigenvalue weighted by Gasteiger charge is 2.17. The van der Waals surface area contributed by atoms with E-state index in [1.165, 1.54) is 12.1 Å². The number of nitro benzene ring substituents is 1.